The fraction of sp³-hybridized carbons (Fsp3) is 0.333. The standard InChI is InChI=1S/C24H28S/c1-2-3-4-5-6-8-13-22-18-19-25-24(22)23-16-14-21(15-17-23)20-11-9-7-10-12-20/h7,9-12,14-19H,2-6,8,13H2,1H3. The number of aryl methyl sites for hydroxylation is 1. The molecule has 25 heavy (non-hydrogen) atoms. The van der Waals surface area contributed by atoms with Crippen LogP contribution in [-0.2, 0) is 6.42 Å². The van der Waals surface area contributed by atoms with Crippen LogP contribution in [0.5, 0.6) is 0 Å². The van der Waals surface area contributed by atoms with E-state index >= 15 is 0 Å². The quantitative estimate of drug-likeness (QED) is 0.344. The van der Waals surface area contributed by atoms with Crippen molar-refractivity contribution in [2.75, 3.05) is 0 Å². The average Bonchev–Trinajstić information content (AvgIpc) is 3.14. The number of hydrogen-bond acceptors (Lipinski definition) is 1. The van der Waals surface area contributed by atoms with Crippen LogP contribution in [0.2, 0.25) is 0 Å². The summed E-state index contributed by atoms with van der Waals surface area (Å²) in [5.74, 6) is 0. The van der Waals surface area contributed by atoms with Gasteiger partial charge in [-0.3, -0.25) is 0 Å². The minimum Gasteiger partial charge on any atom is -0.144 e. The normalized spacial score (nSPS) is 10.9. The Bertz CT molecular complexity index is 737. The maximum absolute atomic E-state index is 2.32. The summed E-state index contributed by atoms with van der Waals surface area (Å²) in [5.41, 5.74) is 5.45. The number of rotatable bonds is 9. The predicted octanol–water partition coefficient (Wildman–Crippen LogP) is 7.99. The summed E-state index contributed by atoms with van der Waals surface area (Å²) in [5, 5.41) is 2.24. The molecule has 2 aromatic carbocycles. The van der Waals surface area contributed by atoms with Crippen molar-refractivity contribution in [3.05, 3.63) is 71.6 Å². The summed E-state index contributed by atoms with van der Waals surface area (Å²) in [6, 6.07) is 22.0. The second-order valence-electron chi connectivity index (χ2n) is 6.74. The highest BCUT2D eigenvalue weighted by Crippen LogP contribution is 2.32. The van der Waals surface area contributed by atoms with Crippen molar-refractivity contribution in [1.29, 1.82) is 0 Å². The summed E-state index contributed by atoms with van der Waals surface area (Å²) >= 11 is 1.88. The van der Waals surface area contributed by atoms with Crippen LogP contribution in [-0.4, -0.2) is 0 Å². The Morgan fingerprint density at radius 3 is 2.04 bits per heavy atom. The first-order valence-electron chi connectivity index (χ1n) is 9.60. The summed E-state index contributed by atoms with van der Waals surface area (Å²) in [6.07, 6.45) is 9.39. The van der Waals surface area contributed by atoms with Crippen LogP contribution in [0.1, 0.15) is 51.0 Å². The van der Waals surface area contributed by atoms with Gasteiger partial charge < -0.3 is 0 Å². The van der Waals surface area contributed by atoms with E-state index in [-0.39, 0.29) is 0 Å². The molecule has 0 spiro atoms. The molecule has 3 rings (SSSR count). The zero-order chi connectivity index (χ0) is 17.3. The molecule has 0 bridgehead atoms. The van der Waals surface area contributed by atoms with Crippen molar-refractivity contribution in [3.63, 3.8) is 0 Å². The van der Waals surface area contributed by atoms with E-state index in [0.29, 0.717) is 0 Å². The van der Waals surface area contributed by atoms with Gasteiger partial charge in [0, 0.05) is 4.88 Å². The molecule has 1 aromatic heterocycles. The molecule has 0 fully saturated rings. The summed E-state index contributed by atoms with van der Waals surface area (Å²) in [6.45, 7) is 2.28. The summed E-state index contributed by atoms with van der Waals surface area (Å²) in [4.78, 5) is 1.45. The molecule has 0 aliphatic carbocycles. The third-order valence-electron chi connectivity index (χ3n) is 4.80. The Balaban J connectivity index is 1.62. The van der Waals surface area contributed by atoms with Crippen LogP contribution in [0.25, 0.3) is 21.6 Å². The van der Waals surface area contributed by atoms with Gasteiger partial charge in [0.15, 0.2) is 0 Å². The molecule has 0 aliphatic rings. The molecule has 0 nitrogen and oxygen atoms in total. The van der Waals surface area contributed by atoms with E-state index in [0.717, 1.165) is 0 Å². The van der Waals surface area contributed by atoms with Crippen LogP contribution in [0.3, 0.4) is 0 Å². The molecule has 0 saturated heterocycles. The Hall–Kier alpha value is -1.86. The van der Waals surface area contributed by atoms with E-state index in [2.05, 4.69) is 73.0 Å². The first kappa shape index (κ1) is 17.9. The molecule has 0 unspecified atom stereocenters. The van der Waals surface area contributed by atoms with Crippen molar-refractivity contribution in [2.45, 2.75) is 51.9 Å². The van der Waals surface area contributed by atoms with Crippen molar-refractivity contribution in [1.82, 2.24) is 0 Å². The molecule has 130 valence electrons. The second-order valence-corrected chi connectivity index (χ2v) is 7.65. The highest BCUT2D eigenvalue weighted by Gasteiger charge is 2.07. The first-order valence-corrected chi connectivity index (χ1v) is 10.5. The van der Waals surface area contributed by atoms with Gasteiger partial charge in [0.1, 0.15) is 0 Å². The molecule has 1 heterocycles. The molecule has 0 amide bonds. The first-order chi connectivity index (χ1) is 12.4. The van der Waals surface area contributed by atoms with Crippen molar-refractivity contribution in [3.8, 4) is 21.6 Å². The molecular weight excluding hydrogens is 320 g/mol. The third-order valence-corrected chi connectivity index (χ3v) is 5.81. The van der Waals surface area contributed by atoms with Crippen LogP contribution in [0.15, 0.2) is 66.0 Å². The maximum atomic E-state index is 2.32. The van der Waals surface area contributed by atoms with E-state index in [1.165, 1.54) is 72.1 Å². The van der Waals surface area contributed by atoms with Crippen LogP contribution in [0.4, 0.5) is 0 Å². The highest BCUT2D eigenvalue weighted by atomic mass is 32.1. The molecule has 3 aromatic rings. The molecule has 1 heteroatoms. The number of thiophene rings is 1. The minimum absolute atomic E-state index is 1.21. The van der Waals surface area contributed by atoms with Gasteiger partial charge in [-0.25, -0.2) is 0 Å². The second kappa shape index (κ2) is 9.58. The topological polar surface area (TPSA) is 0 Å². The lowest BCUT2D eigenvalue weighted by atomic mass is 10.0. The molecule has 0 N–H and O–H groups in total. The predicted molar refractivity (Wildman–Crippen MR) is 112 cm³/mol. The fourth-order valence-corrected chi connectivity index (χ4v) is 4.29. The van der Waals surface area contributed by atoms with Gasteiger partial charge in [-0.2, -0.15) is 0 Å². The third kappa shape index (κ3) is 5.06. The Morgan fingerprint density at radius 2 is 1.28 bits per heavy atom. The zero-order valence-corrected chi connectivity index (χ0v) is 16.0. The van der Waals surface area contributed by atoms with Gasteiger partial charge in [0.2, 0.25) is 0 Å². The number of benzene rings is 2. The van der Waals surface area contributed by atoms with Gasteiger partial charge in [-0.15, -0.1) is 11.3 Å². The van der Waals surface area contributed by atoms with Crippen LogP contribution >= 0.6 is 11.3 Å². The maximum Gasteiger partial charge on any atom is 0.0374 e. The zero-order valence-electron chi connectivity index (χ0n) is 15.2. The minimum atomic E-state index is 1.21. The Kier molecular flexibility index (Phi) is 6.88. The van der Waals surface area contributed by atoms with Crippen molar-refractivity contribution in [2.24, 2.45) is 0 Å². The lowest BCUT2D eigenvalue weighted by molar-refractivity contribution is 0.608. The van der Waals surface area contributed by atoms with E-state index < -0.39 is 0 Å². The Labute approximate surface area is 156 Å². The van der Waals surface area contributed by atoms with E-state index in [1.54, 1.807) is 0 Å². The molecule has 0 saturated carbocycles. The lowest BCUT2D eigenvalue weighted by Crippen LogP contribution is -1.87. The van der Waals surface area contributed by atoms with Crippen molar-refractivity contribution >= 4 is 11.3 Å². The van der Waals surface area contributed by atoms with Crippen LogP contribution < -0.4 is 0 Å². The van der Waals surface area contributed by atoms with Crippen LogP contribution in [0, 0.1) is 0 Å². The van der Waals surface area contributed by atoms with E-state index in [1.807, 2.05) is 11.3 Å². The summed E-state index contributed by atoms with van der Waals surface area (Å²) < 4.78 is 0. The SMILES string of the molecule is CCCCCCCCc1ccsc1-c1ccc(-c2ccccc2)cc1. The van der Waals surface area contributed by atoms with Crippen molar-refractivity contribution < 1.29 is 0 Å². The van der Waals surface area contributed by atoms with Gasteiger partial charge in [0.25, 0.3) is 0 Å². The van der Waals surface area contributed by atoms with Gasteiger partial charge in [-0.1, -0.05) is 93.6 Å². The average molecular weight is 349 g/mol. The van der Waals surface area contributed by atoms with E-state index in [9.17, 15) is 0 Å². The highest BCUT2D eigenvalue weighted by molar-refractivity contribution is 7.13. The van der Waals surface area contributed by atoms with E-state index in [4.69, 9.17) is 0 Å². The molecule has 0 radical (unpaired) electrons. The fourth-order valence-electron chi connectivity index (χ4n) is 3.33. The monoisotopic (exact) mass is 348 g/mol. The largest absolute Gasteiger partial charge is 0.144 e. The smallest absolute Gasteiger partial charge is 0.0374 e. The lowest BCUT2D eigenvalue weighted by Gasteiger charge is -2.07. The molecular formula is C24H28S. The van der Waals surface area contributed by atoms with Gasteiger partial charge in [0.05, 0.1) is 0 Å². The van der Waals surface area contributed by atoms with Gasteiger partial charge in [-0.05, 0) is 46.5 Å². The molecule has 0 atom stereocenters. The summed E-state index contributed by atoms with van der Waals surface area (Å²) in [7, 11) is 0. The molecule has 0 aliphatic heterocycles. The Morgan fingerprint density at radius 1 is 0.640 bits per heavy atom. The number of hydrogen-bond donors (Lipinski definition) is 0. The number of unbranched alkanes of at least 4 members (excludes halogenated alkanes) is 5. The van der Waals surface area contributed by atoms with Gasteiger partial charge >= 0.3 is 0 Å².